The summed E-state index contributed by atoms with van der Waals surface area (Å²) in [6.07, 6.45) is 5.79. The summed E-state index contributed by atoms with van der Waals surface area (Å²) in [5, 5.41) is 3.06. The van der Waals surface area contributed by atoms with Crippen LogP contribution < -0.4 is 19.7 Å². The fourth-order valence-electron chi connectivity index (χ4n) is 4.40. The fourth-order valence-corrected chi connectivity index (χ4v) is 4.40. The number of methoxy groups -OCH3 is 2. The van der Waals surface area contributed by atoms with Crippen LogP contribution in [0.2, 0.25) is 0 Å². The van der Waals surface area contributed by atoms with Crippen LogP contribution in [0.1, 0.15) is 49.3 Å². The van der Waals surface area contributed by atoms with Crippen LogP contribution >= 0.6 is 0 Å². The van der Waals surface area contributed by atoms with E-state index in [9.17, 15) is 4.79 Å². The van der Waals surface area contributed by atoms with Gasteiger partial charge in [-0.15, -0.1) is 0 Å². The molecule has 158 valence electrons. The number of carbonyl (C=O) groups is 1. The summed E-state index contributed by atoms with van der Waals surface area (Å²) >= 11 is 0. The third-order valence-electron chi connectivity index (χ3n) is 5.97. The number of amidine groups is 1. The van der Waals surface area contributed by atoms with Crippen molar-refractivity contribution in [1.82, 2.24) is 5.32 Å². The van der Waals surface area contributed by atoms with Gasteiger partial charge in [0.15, 0.2) is 11.5 Å². The topological polar surface area (TPSA) is 63.2 Å². The number of urea groups is 1. The van der Waals surface area contributed by atoms with Gasteiger partial charge in [0.2, 0.25) is 0 Å². The Morgan fingerprint density at radius 2 is 1.73 bits per heavy atom. The van der Waals surface area contributed by atoms with Crippen molar-refractivity contribution in [2.45, 2.75) is 51.1 Å². The lowest BCUT2D eigenvalue weighted by Crippen LogP contribution is -2.30. The van der Waals surface area contributed by atoms with E-state index in [0.717, 1.165) is 29.7 Å². The minimum absolute atomic E-state index is 0.154. The second kappa shape index (κ2) is 8.78. The van der Waals surface area contributed by atoms with Gasteiger partial charge < -0.3 is 9.47 Å². The molecule has 0 radical (unpaired) electrons. The highest BCUT2D eigenvalue weighted by Gasteiger charge is 2.40. The summed E-state index contributed by atoms with van der Waals surface area (Å²) < 4.78 is 10.9. The van der Waals surface area contributed by atoms with Gasteiger partial charge in [0.05, 0.1) is 20.3 Å². The van der Waals surface area contributed by atoms with Crippen LogP contribution in [-0.4, -0.2) is 32.1 Å². The van der Waals surface area contributed by atoms with Crippen LogP contribution in [0.3, 0.4) is 0 Å². The first-order chi connectivity index (χ1) is 14.6. The maximum absolute atomic E-state index is 13.1. The molecule has 0 spiro atoms. The van der Waals surface area contributed by atoms with Crippen LogP contribution in [0, 0.1) is 6.92 Å². The highest BCUT2D eigenvalue weighted by molar-refractivity contribution is 6.17. The molecule has 0 unspecified atom stereocenters. The Morgan fingerprint density at radius 1 is 1.00 bits per heavy atom. The molecule has 1 atom stereocenters. The van der Waals surface area contributed by atoms with Gasteiger partial charge in [-0.1, -0.05) is 43.5 Å². The molecule has 6 heteroatoms. The maximum atomic E-state index is 13.1. The van der Waals surface area contributed by atoms with Gasteiger partial charge in [-0.25, -0.2) is 4.79 Å². The molecule has 4 rings (SSSR count). The van der Waals surface area contributed by atoms with Crippen molar-refractivity contribution in [2.75, 3.05) is 19.1 Å². The van der Waals surface area contributed by atoms with Crippen LogP contribution in [0.4, 0.5) is 10.5 Å². The average molecular weight is 408 g/mol. The number of aryl methyl sites for hydroxylation is 1. The Morgan fingerprint density at radius 3 is 2.43 bits per heavy atom. The van der Waals surface area contributed by atoms with Crippen LogP contribution in [0.15, 0.2) is 47.5 Å². The van der Waals surface area contributed by atoms with E-state index in [1.54, 1.807) is 19.1 Å². The second-order valence-electron chi connectivity index (χ2n) is 7.91. The van der Waals surface area contributed by atoms with Crippen molar-refractivity contribution in [3.63, 3.8) is 0 Å². The lowest BCUT2D eigenvalue weighted by molar-refractivity contribution is 0.252. The summed E-state index contributed by atoms with van der Waals surface area (Å²) in [5.41, 5.74) is 2.85. The van der Waals surface area contributed by atoms with Crippen molar-refractivity contribution in [2.24, 2.45) is 4.99 Å². The first kappa shape index (κ1) is 20.3. The van der Waals surface area contributed by atoms with Gasteiger partial charge in [0.1, 0.15) is 11.9 Å². The Balaban J connectivity index is 1.81. The van der Waals surface area contributed by atoms with E-state index < -0.39 is 0 Å². The van der Waals surface area contributed by atoms with E-state index in [2.05, 4.69) is 5.32 Å². The zero-order valence-electron chi connectivity index (χ0n) is 17.9. The van der Waals surface area contributed by atoms with Gasteiger partial charge in [-0.3, -0.25) is 15.2 Å². The van der Waals surface area contributed by atoms with Crippen LogP contribution in [-0.2, 0) is 0 Å². The van der Waals surface area contributed by atoms with E-state index in [0.29, 0.717) is 17.3 Å². The molecule has 0 bridgehead atoms. The molecule has 0 aromatic heterocycles. The number of nitrogens with one attached hydrogen (secondary N) is 1. The monoisotopic (exact) mass is 407 g/mol. The van der Waals surface area contributed by atoms with E-state index in [1.165, 1.54) is 19.3 Å². The number of hydrogen-bond acceptors (Lipinski definition) is 4. The number of amides is 2. The quantitative estimate of drug-likeness (QED) is 0.757. The number of aliphatic imine (C=N–C) groups is 1. The minimum atomic E-state index is -0.333. The first-order valence-electron chi connectivity index (χ1n) is 10.6. The van der Waals surface area contributed by atoms with E-state index in [1.807, 2.05) is 49.4 Å². The smallest absolute Gasteiger partial charge is 0.328 e. The second-order valence-corrected chi connectivity index (χ2v) is 7.91. The first-order valence-corrected chi connectivity index (χ1v) is 10.6. The van der Waals surface area contributed by atoms with Crippen molar-refractivity contribution in [3.05, 3.63) is 53.6 Å². The van der Waals surface area contributed by atoms with Crippen molar-refractivity contribution < 1.29 is 14.3 Å². The number of rotatable bonds is 5. The molecule has 1 saturated carbocycles. The molecule has 1 saturated heterocycles. The lowest BCUT2D eigenvalue weighted by Gasteiger charge is -2.26. The molecule has 2 aromatic rings. The molecular weight excluding hydrogens is 378 g/mol. The van der Waals surface area contributed by atoms with Crippen LogP contribution in [0.25, 0.3) is 0 Å². The molecule has 2 aliphatic rings. The molecule has 30 heavy (non-hydrogen) atoms. The predicted molar refractivity (Wildman–Crippen MR) is 119 cm³/mol. The van der Waals surface area contributed by atoms with E-state index in [-0.39, 0.29) is 18.1 Å². The zero-order chi connectivity index (χ0) is 21.1. The number of benzene rings is 2. The van der Waals surface area contributed by atoms with Crippen molar-refractivity contribution in [3.8, 4) is 11.5 Å². The minimum Gasteiger partial charge on any atom is -0.493 e. The van der Waals surface area contributed by atoms with Crippen LogP contribution in [0.5, 0.6) is 11.5 Å². The summed E-state index contributed by atoms with van der Waals surface area (Å²) in [6, 6.07) is 13.5. The number of anilines is 1. The van der Waals surface area contributed by atoms with Crippen molar-refractivity contribution >= 4 is 17.6 Å². The molecule has 2 amide bonds. The SMILES string of the molecule is COc1ccc([C@H]2C(=NC3CCCCC3)NC(=O)N2c2ccccc2C)cc1OC. The number of hydrogen-bond donors (Lipinski definition) is 1. The highest BCUT2D eigenvalue weighted by atomic mass is 16.5. The molecule has 1 heterocycles. The summed E-state index contributed by atoms with van der Waals surface area (Å²) in [6.45, 7) is 2.02. The molecule has 1 aliphatic carbocycles. The summed E-state index contributed by atoms with van der Waals surface area (Å²) in [5.74, 6) is 2.00. The maximum Gasteiger partial charge on any atom is 0.328 e. The zero-order valence-corrected chi connectivity index (χ0v) is 17.9. The molecule has 1 aliphatic heterocycles. The Bertz CT molecular complexity index is 950. The Labute approximate surface area is 177 Å². The van der Waals surface area contributed by atoms with Gasteiger partial charge in [0.25, 0.3) is 0 Å². The molecular formula is C24H29N3O3. The van der Waals surface area contributed by atoms with Crippen molar-refractivity contribution in [1.29, 1.82) is 0 Å². The van der Waals surface area contributed by atoms with E-state index >= 15 is 0 Å². The highest BCUT2D eigenvalue weighted by Crippen LogP contribution is 2.38. The van der Waals surface area contributed by atoms with Gasteiger partial charge >= 0.3 is 6.03 Å². The molecule has 2 aromatic carbocycles. The third-order valence-corrected chi connectivity index (χ3v) is 5.97. The van der Waals surface area contributed by atoms with Gasteiger partial charge in [0, 0.05) is 5.69 Å². The summed E-state index contributed by atoms with van der Waals surface area (Å²) in [7, 11) is 3.24. The molecule has 6 nitrogen and oxygen atoms in total. The summed E-state index contributed by atoms with van der Waals surface area (Å²) in [4.78, 5) is 19.9. The van der Waals surface area contributed by atoms with E-state index in [4.69, 9.17) is 14.5 Å². The number of carbonyl (C=O) groups excluding carboxylic acids is 1. The molecule has 1 N–H and O–H groups in total. The fraction of sp³-hybridized carbons (Fsp3) is 0.417. The standard InChI is InChI=1S/C24H29N3O3/c1-16-9-7-8-12-19(16)27-22(17-13-14-20(29-2)21(15-17)30-3)23(26-24(27)28)25-18-10-5-4-6-11-18/h7-9,12-15,18,22H,4-6,10-11H2,1-3H3,(H,25,26,28)/t22-/m0/s1. The third kappa shape index (κ3) is 3.86. The average Bonchev–Trinajstić information content (AvgIpc) is 3.09. The Kier molecular flexibility index (Phi) is 5.93. The van der Waals surface area contributed by atoms with Gasteiger partial charge in [-0.05, 0) is 49.1 Å². The normalized spacial score (nSPS) is 21.0. The number of ether oxygens (including phenoxy) is 2. The number of nitrogens with zero attached hydrogens (tertiary/aromatic N) is 2. The lowest BCUT2D eigenvalue weighted by atomic mass is 9.95. The largest absolute Gasteiger partial charge is 0.493 e. The predicted octanol–water partition coefficient (Wildman–Crippen LogP) is 5.01. The Hall–Kier alpha value is -3.02. The number of para-hydroxylation sites is 1. The molecule has 2 fully saturated rings. The van der Waals surface area contributed by atoms with Gasteiger partial charge in [-0.2, -0.15) is 0 Å².